The van der Waals surface area contributed by atoms with Gasteiger partial charge in [0.1, 0.15) is 5.75 Å². The van der Waals surface area contributed by atoms with Crippen molar-refractivity contribution in [1.82, 2.24) is 0 Å². The second kappa shape index (κ2) is 10.7. The molecule has 0 aliphatic rings. The van der Waals surface area contributed by atoms with Gasteiger partial charge in [0.25, 0.3) is 0 Å². The molecular weight excluding hydrogens is 287 g/mol. The molecule has 1 aromatic rings. The molecule has 0 heterocycles. The van der Waals surface area contributed by atoms with Crippen LogP contribution in [0.4, 0.5) is 0 Å². The molecule has 114 valence electrons. The normalized spacial score (nSPS) is 10.6. The van der Waals surface area contributed by atoms with E-state index in [0.29, 0.717) is 12.2 Å². The van der Waals surface area contributed by atoms with Crippen molar-refractivity contribution in [1.29, 1.82) is 0 Å². The average molecular weight is 310 g/mol. The minimum absolute atomic E-state index is 0. The molecule has 3 nitrogen and oxygen atoms in total. The monoisotopic (exact) mass is 310 g/mol. The predicted molar refractivity (Wildman–Crippen MR) is 83.5 cm³/mol. The number of benzene rings is 1. The number of carbonyl (C=O) groups excluding carboxylic acids is 1. The smallest absolute Gasteiger partial charge is 0.545 e. The largest absolute Gasteiger partial charge is 1.00 e. The van der Waals surface area contributed by atoms with E-state index in [4.69, 9.17) is 4.74 Å². The van der Waals surface area contributed by atoms with Crippen LogP contribution in [0.15, 0.2) is 41.5 Å². The number of carboxylic acid groups (broad SMARTS) is 1. The number of hydrogen-bond acceptors (Lipinski definition) is 3. The van der Waals surface area contributed by atoms with Gasteiger partial charge in [-0.2, -0.15) is 0 Å². The Hall–Kier alpha value is -1.03. The summed E-state index contributed by atoms with van der Waals surface area (Å²) in [6.07, 6.45) is 7.03. The zero-order valence-corrected chi connectivity index (χ0v) is 16.2. The summed E-state index contributed by atoms with van der Waals surface area (Å²) in [4.78, 5) is 10.9. The maximum atomic E-state index is 10.9. The maximum absolute atomic E-state index is 10.9. The minimum Gasteiger partial charge on any atom is -0.545 e. The first kappa shape index (κ1) is 21.0. The van der Waals surface area contributed by atoms with Gasteiger partial charge in [0.05, 0.1) is 13.1 Å². The molecule has 0 aliphatic carbocycles. The molecule has 4 heteroatoms. The van der Waals surface area contributed by atoms with E-state index in [-0.39, 0.29) is 35.1 Å². The van der Waals surface area contributed by atoms with Gasteiger partial charge in [0.15, 0.2) is 0 Å². The zero-order chi connectivity index (χ0) is 15.8. The Labute approximate surface area is 155 Å². The number of allylic oxidation sites excluding steroid dienone is 4. The standard InChI is InChI=1S/C18H24O3.Na/c1-13(2)6-5-7-14(3)8-9-15-12-16(18(19)20)10-11-17(15)21-4;/h6,8,10-12H,5,7,9H2,1-4H3,(H,19,20);/q;+1/p-1. The van der Waals surface area contributed by atoms with E-state index in [9.17, 15) is 9.90 Å². The average Bonchev–Trinajstić information content (AvgIpc) is 2.44. The van der Waals surface area contributed by atoms with Crippen molar-refractivity contribution in [3.05, 3.63) is 52.6 Å². The van der Waals surface area contributed by atoms with E-state index >= 15 is 0 Å². The molecule has 0 N–H and O–H groups in total. The molecule has 0 spiro atoms. The van der Waals surface area contributed by atoms with Gasteiger partial charge in [0, 0.05) is 0 Å². The molecule has 0 amide bonds. The van der Waals surface area contributed by atoms with Gasteiger partial charge in [-0.25, -0.2) is 0 Å². The number of rotatable bonds is 7. The first-order chi connectivity index (χ1) is 9.93. The van der Waals surface area contributed by atoms with Crippen molar-refractivity contribution in [2.75, 3.05) is 7.11 Å². The molecule has 1 rings (SSSR count). The van der Waals surface area contributed by atoms with Crippen molar-refractivity contribution in [3.8, 4) is 5.75 Å². The van der Waals surface area contributed by atoms with Crippen LogP contribution in [0.3, 0.4) is 0 Å². The van der Waals surface area contributed by atoms with E-state index in [1.54, 1.807) is 19.2 Å². The third kappa shape index (κ3) is 7.30. The number of carboxylic acids is 1. The van der Waals surface area contributed by atoms with Crippen LogP contribution < -0.4 is 39.4 Å². The van der Waals surface area contributed by atoms with Crippen LogP contribution >= 0.6 is 0 Å². The van der Waals surface area contributed by atoms with Crippen LogP contribution in [-0.2, 0) is 6.42 Å². The molecule has 0 bridgehead atoms. The number of ether oxygens (including phenoxy) is 1. The Bertz CT molecular complexity index is 555. The van der Waals surface area contributed by atoms with Gasteiger partial charge in [-0.05, 0) is 69.4 Å². The summed E-state index contributed by atoms with van der Waals surface area (Å²) in [5, 5.41) is 10.9. The molecule has 0 aliphatic heterocycles. The Morgan fingerprint density at radius 2 is 1.91 bits per heavy atom. The molecule has 0 saturated heterocycles. The molecule has 0 saturated carbocycles. The third-order valence-corrected chi connectivity index (χ3v) is 3.28. The van der Waals surface area contributed by atoms with Crippen molar-refractivity contribution < 1.29 is 44.2 Å². The Kier molecular flexibility index (Phi) is 10.2. The molecule has 1 aromatic carbocycles. The number of carbonyl (C=O) groups is 1. The Morgan fingerprint density at radius 1 is 1.23 bits per heavy atom. The van der Waals surface area contributed by atoms with Gasteiger partial charge in [0.2, 0.25) is 0 Å². The minimum atomic E-state index is -1.16. The fourth-order valence-electron chi connectivity index (χ4n) is 2.04. The molecular formula is C18H23NaO3. The number of hydrogen-bond donors (Lipinski definition) is 0. The Morgan fingerprint density at radius 3 is 2.45 bits per heavy atom. The summed E-state index contributed by atoms with van der Waals surface area (Å²) in [6, 6.07) is 4.80. The van der Waals surface area contributed by atoms with E-state index in [1.165, 1.54) is 17.2 Å². The predicted octanol–water partition coefficient (Wildman–Crippen LogP) is 0.298. The maximum Gasteiger partial charge on any atom is 1.00 e. The van der Waals surface area contributed by atoms with Crippen LogP contribution in [0.5, 0.6) is 5.75 Å². The fourth-order valence-corrected chi connectivity index (χ4v) is 2.04. The second-order valence-corrected chi connectivity index (χ2v) is 5.39. The SMILES string of the molecule is COc1ccc(C(=O)[O-])cc1CC=C(C)CCC=C(C)C.[Na+]. The summed E-state index contributed by atoms with van der Waals surface area (Å²) in [6.45, 7) is 6.28. The molecule has 22 heavy (non-hydrogen) atoms. The van der Waals surface area contributed by atoms with E-state index in [1.807, 2.05) is 0 Å². The Balaban J connectivity index is 0.00000441. The van der Waals surface area contributed by atoms with Crippen molar-refractivity contribution in [2.24, 2.45) is 0 Å². The van der Waals surface area contributed by atoms with Gasteiger partial charge < -0.3 is 14.6 Å². The van der Waals surface area contributed by atoms with Crippen LogP contribution in [0.2, 0.25) is 0 Å². The molecule has 0 atom stereocenters. The number of methoxy groups -OCH3 is 1. The van der Waals surface area contributed by atoms with Crippen LogP contribution in [0.1, 0.15) is 49.5 Å². The van der Waals surface area contributed by atoms with Gasteiger partial charge in [-0.3, -0.25) is 0 Å². The van der Waals surface area contributed by atoms with Crippen LogP contribution in [0, 0.1) is 0 Å². The first-order valence-corrected chi connectivity index (χ1v) is 7.11. The van der Waals surface area contributed by atoms with Gasteiger partial charge in [-0.1, -0.05) is 23.3 Å². The van der Waals surface area contributed by atoms with Crippen LogP contribution in [-0.4, -0.2) is 13.1 Å². The number of aromatic carboxylic acids is 1. The topological polar surface area (TPSA) is 49.4 Å². The van der Waals surface area contributed by atoms with Gasteiger partial charge >= 0.3 is 29.6 Å². The summed E-state index contributed by atoms with van der Waals surface area (Å²) >= 11 is 0. The molecule has 0 aromatic heterocycles. The molecule has 0 radical (unpaired) electrons. The van der Waals surface area contributed by atoms with E-state index in [0.717, 1.165) is 18.4 Å². The first-order valence-electron chi connectivity index (χ1n) is 7.11. The van der Waals surface area contributed by atoms with Crippen LogP contribution in [0.25, 0.3) is 0 Å². The van der Waals surface area contributed by atoms with Crippen molar-refractivity contribution >= 4 is 5.97 Å². The van der Waals surface area contributed by atoms with E-state index in [2.05, 4.69) is 32.9 Å². The van der Waals surface area contributed by atoms with Crippen molar-refractivity contribution in [3.63, 3.8) is 0 Å². The summed E-state index contributed by atoms with van der Waals surface area (Å²) in [5.74, 6) is -0.462. The van der Waals surface area contributed by atoms with E-state index < -0.39 is 5.97 Å². The summed E-state index contributed by atoms with van der Waals surface area (Å²) in [7, 11) is 1.59. The zero-order valence-electron chi connectivity index (χ0n) is 14.2. The second-order valence-electron chi connectivity index (χ2n) is 5.39. The fraction of sp³-hybridized carbons (Fsp3) is 0.389. The summed E-state index contributed by atoms with van der Waals surface area (Å²) < 4.78 is 5.27. The summed E-state index contributed by atoms with van der Waals surface area (Å²) in [5.41, 5.74) is 3.65. The quantitative estimate of drug-likeness (QED) is 0.537. The van der Waals surface area contributed by atoms with Gasteiger partial charge in [-0.15, -0.1) is 0 Å². The molecule has 0 fully saturated rings. The third-order valence-electron chi connectivity index (χ3n) is 3.28. The molecule has 0 unspecified atom stereocenters. The van der Waals surface area contributed by atoms with Crippen molar-refractivity contribution in [2.45, 2.75) is 40.0 Å².